The molecule has 0 bridgehead atoms. The molecule has 0 radical (unpaired) electrons. The van der Waals surface area contributed by atoms with E-state index in [-0.39, 0.29) is 5.69 Å². The second kappa shape index (κ2) is 5.05. The quantitative estimate of drug-likeness (QED) is 0.942. The molecule has 0 unspecified atom stereocenters. The largest absolute Gasteiger partial charge is 0.496 e. The summed E-state index contributed by atoms with van der Waals surface area (Å²) in [6.07, 6.45) is 0. The molecule has 0 fully saturated rings. The highest BCUT2D eigenvalue weighted by Gasteiger charge is 2.18. The summed E-state index contributed by atoms with van der Waals surface area (Å²) in [5, 5.41) is 13.0. The first kappa shape index (κ1) is 13.6. The molecular formula is C13H13BrN2O3. The lowest BCUT2D eigenvalue weighted by Gasteiger charge is -2.13. The molecule has 5 nitrogen and oxygen atoms in total. The molecule has 0 saturated heterocycles. The van der Waals surface area contributed by atoms with Crippen LogP contribution >= 0.6 is 15.9 Å². The maximum absolute atomic E-state index is 11.0. The van der Waals surface area contributed by atoms with Crippen LogP contribution < -0.4 is 4.74 Å². The van der Waals surface area contributed by atoms with Gasteiger partial charge in [-0.05, 0) is 30.7 Å². The maximum atomic E-state index is 11.0. The van der Waals surface area contributed by atoms with Crippen molar-refractivity contribution in [1.82, 2.24) is 9.78 Å². The van der Waals surface area contributed by atoms with Gasteiger partial charge in [0.05, 0.1) is 12.8 Å². The molecule has 1 heterocycles. The normalized spacial score (nSPS) is 10.5. The van der Waals surface area contributed by atoms with Crippen molar-refractivity contribution in [2.75, 3.05) is 7.11 Å². The van der Waals surface area contributed by atoms with Gasteiger partial charge in [-0.25, -0.2) is 4.79 Å². The predicted molar refractivity (Wildman–Crippen MR) is 74.6 cm³/mol. The Balaban J connectivity index is 2.71. The van der Waals surface area contributed by atoms with Gasteiger partial charge in [-0.15, -0.1) is 0 Å². The number of carboxylic acid groups (broad SMARTS) is 1. The molecule has 1 N–H and O–H groups in total. The fraction of sp³-hybridized carbons (Fsp3) is 0.231. The van der Waals surface area contributed by atoms with Crippen molar-refractivity contribution in [2.45, 2.75) is 6.92 Å². The molecule has 0 saturated carbocycles. The Morgan fingerprint density at radius 2 is 2.16 bits per heavy atom. The molecule has 100 valence electrons. The van der Waals surface area contributed by atoms with E-state index in [1.165, 1.54) is 0 Å². The van der Waals surface area contributed by atoms with Gasteiger partial charge in [0.1, 0.15) is 5.75 Å². The van der Waals surface area contributed by atoms with Crippen LogP contribution in [0, 0.1) is 6.92 Å². The number of rotatable bonds is 3. The highest BCUT2D eigenvalue weighted by molar-refractivity contribution is 9.10. The first-order valence-electron chi connectivity index (χ1n) is 5.56. The van der Waals surface area contributed by atoms with E-state index in [2.05, 4.69) is 21.0 Å². The Kier molecular flexibility index (Phi) is 3.61. The molecule has 19 heavy (non-hydrogen) atoms. The van der Waals surface area contributed by atoms with Crippen LogP contribution in [0.2, 0.25) is 0 Å². The van der Waals surface area contributed by atoms with Crippen LogP contribution in [-0.4, -0.2) is 28.0 Å². The molecule has 0 amide bonds. The van der Waals surface area contributed by atoms with E-state index in [9.17, 15) is 4.79 Å². The summed E-state index contributed by atoms with van der Waals surface area (Å²) in [6.45, 7) is 1.94. The number of ether oxygens (including phenoxy) is 1. The van der Waals surface area contributed by atoms with Crippen molar-refractivity contribution in [1.29, 1.82) is 0 Å². The van der Waals surface area contributed by atoms with Gasteiger partial charge in [0.2, 0.25) is 0 Å². The van der Waals surface area contributed by atoms with Crippen LogP contribution in [-0.2, 0) is 7.05 Å². The number of aromatic nitrogens is 2. The molecule has 2 rings (SSSR count). The fourth-order valence-corrected chi connectivity index (χ4v) is 2.29. The summed E-state index contributed by atoms with van der Waals surface area (Å²) < 4.78 is 7.83. The molecule has 0 aliphatic rings. The fourth-order valence-electron chi connectivity index (χ4n) is 1.96. The lowest BCUT2D eigenvalue weighted by molar-refractivity contribution is 0.0689. The summed E-state index contributed by atoms with van der Waals surface area (Å²) in [5.41, 5.74) is 2.52. The first-order chi connectivity index (χ1) is 8.95. The Bertz CT molecular complexity index is 650. The zero-order valence-corrected chi connectivity index (χ0v) is 12.4. The second-order valence-electron chi connectivity index (χ2n) is 4.09. The minimum atomic E-state index is -1.05. The molecule has 0 spiro atoms. The van der Waals surface area contributed by atoms with Gasteiger partial charge in [-0.1, -0.05) is 15.9 Å². The van der Waals surface area contributed by atoms with Crippen molar-refractivity contribution in [3.8, 4) is 17.0 Å². The van der Waals surface area contributed by atoms with Gasteiger partial charge in [0, 0.05) is 17.1 Å². The molecule has 0 aliphatic carbocycles. The summed E-state index contributed by atoms with van der Waals surface area (Å²) in [5.74, 6) is -0.367. The van der Waals surface area contributed by atoms with Gasteiger partial charge in [-0.2, -0.15) is 5.10 Å². The molecule has 1 aromatic carbocycles. The molecule has 0 atom stereocenters. The summed E-state index contributed by atoms with van der Waals surface area (Å²) >= 11 is 3.47. The highest BCUT2D eigenvalue weighted by Crippen LogP contribution is 2.36. The number of benzene rings is 1. The Hall–Kier alpha value is -1.82. The van der Waals surface area contributed by atoms with E-state index in [4.69, 9.17) is 9.84 Å². The van der Waals surface area contributed by atoms with E-state index < -0.39 is 5.97 Å². The molecule has 2 aromatic rings. The van der Waals surface area contributed by atoms with E-state index in [1.54, 1.807) is 24.9 Å². The monoisotopic (exact) mass is 324 g/mol. The summed E-state index contributed by atoms with van der Waals surface area (Å²) in [4.78, 5) is 11.0. The Labute approximate surface area is 118 Å². The number of carbonyl (C=O) groups is 1. The zero-order valence-electron chi connectivity index (χ0n) is 10.8. The van der Waals surface area contributed by atoms with Crippen LogP contribution in [0.5, 0.6) is 5.75 Å². The lowest BCUT2D eigenvalue weighted by Crippen LogP contribution is -2.00. The number of hydrogen-bond donors (Lipinski definition) is 1. The number of halogens is 1. The standard InChI is InChI=1S/C13H13BrN2O3/c1-7-8(14)4-5-11(19-3)12(7)10-6-9(13(17)18)15-16(10)2/h4-6H,1-3H3,(H,17,18). The first-order valence-corrected chi connectivity index (χ1v) is 6.35. The molecule has 6 heteroatoms. The van der Waals surface area contributed by atoms with E-state index in [0.717, 1.165) is 15.6 Å². The number of nitrogens with zero attached hydrogens (tertiary/aromatic N) is 2. The molecular weight excluding hydrogens is 312 g/mol. The van der Waals surface area contributed by atoms with Gasteiger partial charge in [0.15, 0.2) is 5.69 Å². The third kappa shape index (κ3) is 2.35. The highest BCUT2D eigenvalue weighted by atomic mass is 79.9. The van der Waals surface area contributed by atoms with Crippen molar-refractivity contribution in [2.24, 2.45) is 7.05 Å². The predicted octanol–water partition coefficient (Wildman–Crippen LogP) is 2.86. The summed E-state index contributed by atoms with van der Waals surface area (Å²) in [7, 11) is 3.29. The lowest BCUT2D eigenvalue weighted by atomic mass is 10.0. The molecule has 0 aliphatic heterocycles. The van der Waals surface area contributed by atoms with Gasteiger partial charge in [-0.3, -0.25) is 4.68 Å². The van der Waals surface area contributed by atoms with Crippen LogP contribution in [0.25, 0.3) is 11.3 Å². The Morgan fingerprint density at radius 3 is 2.68 bits per heavy atom. The van der Waals surface area contributed by atoms with Crippen LogP contribution in [0.15, 0.2) is 22.7 Å². The average Bonchev–Trinajstić information content (AvgIpc) is 2.74. The van der Waals surface area contributed by atoms with Crippen molar-refractivity contribution in [3.05, 3.63) is 33.9 Å². The third-order valence-electron chi connectivity index (χ3n) is 2.94. The second-order valence-corrected chi connectivity index (χ2v) is 4.95. The average molecular weight is 325 g/mol. The third-order valence-corrected chi connectivity index (χ3v) is 3.79. The molecule has 1 aromatic heterocycles. The van der Waals surface area contributed by atoms with Crippen molar-refractivity contribution >= 4 is 21.9 Å². The minimum Gasteiger partial charge on any atom is -0.496 e. The number of hydrogen-bond acceptors (Lipinski definition) is 3. The topological polar surface area (TPSA) is 64.3 Å². The van der Waals surface area contributed by atoms with Crippen LogP contribution in [0.1, 0.15) is 16.1 Å². The van der Waals surface area contributed by atoms with E-state index in [1.807, 2.05) is 19.1 Å². The van der Waals surface area contributed by atoms with Crippen LogP contribution in [0.4, 0.5) is 0 Å². The van der Waals surface area contributed by atoms with Crippen LogP contribution in [0.3, 0.4) is 0 Å². The minimum absolute atomic E-state index is 0.0129. The van der Waals surface area contributed by atoms with Crippen molar-refractivity contribution in [3.63, 3.8) is 0 Å². The van der Waals surface area contributed by atoms with E-state index >= 15 is 0 Å². The van der Waals surface area contributed by atoms with Gasteiger partial charge >= 0.3 is 5.97 Å². The van der Waals surface area contributed by atoms with Crippen molar-refractivity contribution < 1.29 is 14.6 Å². The number of carboxylic acids is 1. The Morgan fingerprint density at radius 1 is 1.47 bits per heavy atom. The van der Waals surface area contributed by atoms with E-state index in [0.29, 0.717) is 11.4 Å². The smallest absolute Gasteiger partial charge is 0.356 e. The number of aromatic carboxylic acids is 1. The number of aryl methyl sites for hydroxylation is 1. The summed E-state index contributed by atoms with van der Waals surface area (Å²) in [6, 6.07) is 5.27. The SMILES string of the molecule is COc1ccc(Br)c(C)c1-c1cc(C(=O)O)nn1C. The van der Waals surface area contributed by atoms with Gasteiger partial charge < -0.3 is 9.84 Å². The number of methoxy groups -OCH3 is 1. The zero-order chi connectivity index (χ0) is 14.2. The maximum Gasteiger partial charge on any atom is 0.356 e. The van der Waals surface area contributed by atoms with Gasteiger partial charge in [0.25, 0.3) is 0 Å².